The highest BCUT2D eigenvalue weighted by molar-refractivity contribution is 5.69. The molecule has 0 amide bonds. The predicted octanol–water partition coefficient (Wildman–Crippen LogP) is 1.22. The molecule has 2 atom stereocenters. The Morgan fingerprint density at radius 2 is 1.69 bits per heavy atom. The summed E-state index contributed by atoms with van der Waals surface area (Å²) in [5, 5.41) is 3.80. The molecule has 2 aromatic heterocycles. The standard InChI is InChI=1S/C22H27N5O2/c1-25-20-19(21(28)26(2)22(25)29)27(13-24-20)10-9-23-18-16-7-8-17(18)12-15-6-4-3-5-14(15)11-16/h3-6,13,16-18,23H,7-12H2,1-2H3. The third-order valence-electron chi connectivity index (χ3n) is 6.96. The lowest BCUT2D eigenvalue weighted by Gasteiger charge is -2.24. The number of imidazole rings is 1. The van der Waals surface area contributed by atoms with E-state index < -0.39 is 0 Å². The number of nitrogens with one attached hydrogen (secondary N) is 1. The molecule has 2 aliphatic carbocycles. The molecule has 2 unspecified atom stereocenters. The highest BCUT2D eigenvalue weighted by Gasteiger charge is 2.38. The van der Waals surface area contributed by atoms with E-state index in [2.05, 4.69) is 34.6 Å². The Kier molecular flexibility index (Phi) is 4.42. The van der Waals surface area contributed by atoms with E-state index in [1.54, 1.807) is 13.4 Å². The van der Waals surface area contributed by atoms with Crippen LogP contribution in [0.25, 0.3) is 11.2 Å². The predicted molar refractivity (Wildman–Crippen MR) is 112 cm³/mol. The number of rotatable bonds is 4. The average Bonchev–Trinajstić information content (AvgIpc) is 3.25. The minimum Gasteiger partial charge on any atom is -0.323 e. The first-order chi connectivity index (χ1) is 14.0. The fourth-order valence-corrected chi connectivity index (χ4v) is 5.40. The van der Waals surface area contributed by atoms with Crippen molar-refractivity contribution in [3.63, 3.8) is 0 Å². The third-order valence-corrected chi connectivity index (χ3v) is 6.96. The summed E-state index contributed by atoms with van der Waals surface area (Å²) >= 11 is 0. The Morgan fingerprint density at radius 3 is 2.34 bits per heavy atom. The van der Waals surface area contributed by atoms with Crippen LogP contribution in [0.5, 0.6) is 0 Å². The highest BCUT2D eigenvalue weighted by Crippen LogP contribution is 2.39. The average molecular weight is 393 g/mol. The van der Waals surface area contributed by atoms with Crippen molar-refractivity contribution >= 4 is 11.2 Å². The largest absolute Gasteiger partial charge is 0.332 e. The topological polar surface area (TPSA) is 73.8 Å². The van der Waals surface area contributed by atoms with Gasteiger partial charge >= 0.3 is 5.69 Å². The molecule has 29 heavy (non-hydrogen) atoms. The van der Waals surface area contributed by atoms with Gasteiger partial charge in [0.15, 0.2) is 11.2 Å². The molecule has 2 bridgehead atoms. The lowest BCUT2D eigenvalue weighted by atomic mass is 9.94. The van der Waals surface area contributed by atoms with Gasteiger partial charge in [-0.3, -0.25) is 13.9 Å². The van der Waals surface area contributed by atoms with Gasteiger partial charge in [-0.2, -0.15) is 0 Å². The molecule has 1 N–H and O–H groups in total. The van der Waals surface area contributed by atoms with Crippen molar-refractivity contribution in [2.75, 3.05) is 6.54 Å². The van der Waals surface area contributed by atoms with Crippen LogP contribution in [0.15, 0.2) is 40.2 Å². The van der Waals surface area contributed by atoms with Crippen LogP contribution in [-0.4, -0.2) is 31.3 Å². The van der Waals surface area contributed by atoms with E-state index in [-0.39, 0.29) is 11.2 Å². The quantitative estimate of drug-likeness (QED) is 0.723. The monoisotopic (exact) mass is 393 g/mol. The lowest BCUT2D eigenvalue weighted by molar-refractivity contribution is 0.338. The van der Waals surface area contributed by atoms with Gasteiger partial charge in [-0.05, 0) is 48.6 Å². The van der Waals surface area contributed by atoms with Crippen molar-refractivity contribution < 1.29 is 0 Å². The second-order valence-electron chi connectivity index (χ2n) is 8.57. The van der Waals surface area contributed by atoms with Crippen molar-refractivity contribution in [3.05, 3.63) is 62.6 Å². The minimum atomic E-state index is -0.347. The fourth-order valence-electron chi connectivity index (χ4n) is 5.40. The number of hydrogen-bond donors (Lipinski definition) is 1. The van der Waals surface area contributed by atoms with E-state index >= 15 is 0 Å². The van der Waals surface area contributed by atoms with Crippen LogP contribution >= 0.6 is 0 Å². The first-order valence-electron chi connectivity index (χ1n) is 10.5. The minimum absolute atomic E-state index is 0.286. The van der Waals surface area contributed by atoms with E-state index in [9.17, 15) is 9.59 Å². The summed E-state index contributed by atoms with van der Waals surface area (Å²) < 4.78 is 4.46. The molecule has 1 fully saturated rings. The molecule has 2 aliphatic rings. The zero-order valence-corrected chi connectivity index (χ0v) is 17.0. The van der Waals surface area contributed by atoms with E-state index in [1.165, 1.54) is 35.6 Å². The molecule has 7 nitrogen and oxygen atoms in total. The summed E-state index contributed by atoms with van der Waals surface area (Å²) in [6.07, 6.45) is 6.55. The normalized spacial score (nSPS) is 23.3. The second kappa shape index (κ2) is 6.99. The van der Waals surface area contributed by atoms with Crippen molar-refractivity contribution in [1.82, 2.24) is 24.0 Å². The molecule has 5 rings (SSSR count). The van der Waals surface area contributed by atoms with Crippen LogP contribution in [0.3, 0.4) is 0 Å². The van der Waals surface area contributed by atoms with E-state index in [0.29, 0.717) is 35.6 Å². The van der Waals surface area contributed by atoms with Gasteiger partial charge in [-0.15, -0.1) is 0 Å². The number of aromatic nitrogens is 4. The Hall–Kier alpha value is -2.67. The summed E-state index contributed by atoms with van der Waals surface area (Å²) in [4.78, 5) is 29.0. The summed E-state index contributed by atoms with van der Waals surface area (Å²) in [6, 6.07) is 9.39. The molecule has 2 heterocycles. The van der Waals surface area contributed by atoms with Crippen LogP contribution in [0.1, 0.15) is 24.0 Å². The Labute approximate surface area is 169 Å². The SMILES string of the molecule is Cn1c(=O)c2c(ncn2CCNC2C3CCC2Cc2ccccc2C3)n(C)c1=O. The van der Waals surface area contributed by atoms with E-state index in [4.69, 9.17) is 0 Å². The van der Waals surface area contributed by atoms with Gasteiger partial charge in [-0.1, -0.05) is 24.3 Å². The van der Waals surface area contributed by atoms with Gasteiger partial charge in [0.25, 0.3) is 5.56 Å². The maximum Gasteiger partial charge on any atom is 0.332 e. The smallest absolute Gasteiger partial charge is 0.323 e. The molecule has 0 saturated heterocycles. The van der Waals surface area contributed by atoms with Crippen molar-refractivity contribution in [3.8, 4) is 0 Å². The molecule has 0 spiro atoms. The second-order valence-corrected chi connectivity index (χ2v) is 8.57. The van der Waals surface area contributed by atoms with Crippen LogP contribution in [0, 0.1) is 11.8 Å². The van der Waals surface area contributed by atoms with Gasteiger partial charge in [0, 0.05) is 33.2 Å². The molecule has 3 aromatic rings. The molecule has 1 aromatic carbocycles. The summed E-state index contributed by atoms with van der Waals surface area (Å²) in [7, 11) is 3.17. The maximum atomic E-state index is 12.6. The van der Waals surface area contributed by atoms with E-state index in [0.717, 1.165) is 24.0 Å². The zero-order chi connectivity index (χ0) is 20.1. The first-order valence-corrected chi connectivity index (χ1v) is 10.5. The molecule has 7 heteroatoms. The molecular weight excluding hydrogens is 366 g/mol. The van der Waals surface area contributed by atoms with Crippen molar-refractivity contribution in [1.29, 1.82) is 0 Å². The van der Waals surface area contributed by atoms with E-state index in [1.807, 2.05) is 4.57 Å². The number of aryl methyl sites for hydroxylation is 1. The molecule has 0 radical (unpaired) electrons. The summed E-state index contributed by atoms with van der Waals surface area (Å²) in [6.45, 7) is 1.44. The number of nitrogens with zero attached hydrogens (tertiary/aromatic N) is 4. The Morgan fingerprint density at radius 1 is 1.03 bits per heavy atom. The lowest BCUT2D eigenvalue weighted by Crippen LogP contribution is -2.40. The van der Waals surface area contributed by atoms with Gasteiger partial charge in [0.1, 0.15) is 0 Å². The Bertz CT molecular complexity index is 1160. The number of benzene rings is 1. The number of hydrogen-bond acceptors (Lipinski definition) is 4. The van der Waals surface area contributed by atoms with Crippen LogP contribution in [0.4, 0.5) is 0 Å². The third kappa shape index (κ3) is 2.95. The van der Waals surface area contributed by atoms with Gasteiger partial charge in [0.05, 0.1) is 6.33 Å². The molecule has 1 saturated carbocycles. The van der Waals surface area contributed by atoms with Crippen LogP contribution in [-0.2, 0) is 33.5 Å². The highest BCUT2D eigenvalue weighted by atomic mass is 16.2. The van der Waals surface area contributed by atoms with Gasteiger partial charge in [-0.25, -0.2) is 9.78 Å². The Balaban J connectivity index is 1.34. The summed E-state index contributed by atoms with van der Waals surface area (Å²) in [5.74, 6) is 1.36. The van der Waals surface area contributed by atoms with Crippen LogP contribution in [0.2, 0.25) is 0 Å². The number of fused-ring (bicyclic) bond motifs is 4. The molecule has 152 valence electrons. The van der Waals surface area contributed by atoms with Crippen LogP contribution < -0.4 is 16.6 Å². The molecular formula is C22H27N5O2. The molecule has 0 aliphatic heterocycles. The van der Waals surface area contributed by atoms with Crippen molar-refractivity contribution in [2.24, 2.45) is 25.9 Å². The van der Waals surface area contributed by atoms with Gasteiger partial charge < -0.3 is 9.88 Å². The first kappa shape index (κ1) is 18.4. The summed E-state index contributed by atoms with van der Waals surface area (Å²) in [5.41, 5.74) is 3.33. The van der Waals surface area contributed by atoms with Gasteiger partial charge in [0.2, 0.25) is 0 Å². The van der Waals surface area contributed by atoms with Crippen molar-refractivity contribution in [2.45, 2.75) is 38.3 Å². The maximum absolute atomic E-state index is 12.6. The fraction of sp³-hybridized carbons (Fsp3) is 0.500. The zero-order valence-electron chi connectivity index (χ0n) is 17.0.